The Morgan fingerprint density at radius 3 is 2.76 bits per heavy atom. The Labute approximate surface area is 187 Å². The Hall–Kier alpha value is -2.74. The number of halogens is 3. The number of hydrogen-bond donors (Lipinski definition) is 5. The monoisotopic (exact) mass is 469 g/mol. The summed E-state index contributed by atoms with van der Waals surface area (Å²) < 4.78 is 47.5. The molecule has 1 saturated heterocycles. The number of pyridine rings is 1. The maximum atomic E-state index is 12.6. The molecule has 2 aromatic rings. The lowest BCUT2D eigenvalue weighted by molar-refractivity contribution is -0.347. The van der Waals surface area contributed by atoms with E-state index in [0.717, 1.165) is 6.21 Å². The van der Waals surface area contributed by atoms with Gasteiger partial charge in [0.05, 0.1) is 31.1 Å². The van der Waals surface area contributed by atoms with Crippen LogP contribution >= 0.6 is 0 Å². The number of ether oxygens (including phenoxy) is 2. The average molecular weight is 469 g/mol. The quantitative estimate of drug-likeness (QED) is 0.405. The topological polar surface area (TPSA) is 145 Å². The number of rotatable bonds is 6. The molecule has 0 amide bonds. The van der Waals surface area contributed by atoms with E-state index in [1.807, 2.05) is 4.90 Å². The van der Waals surface area contributed by atoms with Crippen LogP contribution in [0.4, 0.5) is 30.6 Å². The fourth-order valence-electron chi connectivity index (χ4n) is 4.32. The van der Waals surface area contributed by atoms with E-state index < -0.39 is 24.2 Å². The summed E-state index contributed by atoms with van der Waals surface area (Å²) in [7, 11) is 0. The minimum atomic E-state index is -4.72. The maximum Gasteiger partial charge on any atom is 0.522 e. The molecule has 180 valence electrons. The molecule has 2 fully saturated rings. The largest absolute Gasteiger partial charge is 0.522 e. The van der Waals surface area contributed by atoms with E-state index in [0.29, 0.717) is 48.3 Å². The first-order valence-electron chi connectivity index (χ1n) is 10.6. The SMILES string of the molecule is N=Cc1c(C2(O)CCC(OC(F)(F)F)CC2)cc(N2CCOCC2N)nc1Nc1ccn[nH]1. The van der Waals surface area contributed by atoms with E-state index >= 15 is 0 Å². The van der Waals surface area contributed by atoms with Crippen molar-refractivity contribution >= 4 is 23.7 Å². The van der Waals surface area contributed by atoms with Crippen LogP contribution in [0.5, 0.6) is 0 Å². The zero-order valence-electron chi connectivity index (χ0n) is 17.7. The third-order valence-corrected chi connectivity index (χ3v) is 5.96. The van der Waals surface area contributed by atoms with Gasteiger partial charge in [-0.1, -0.05) is 0 Å². The summed E-state index contributed by atoms with van der Waals surface area (Å²) in [5, 5.41) is 29.2. The number of anilines is 3. The Bertz CT molecular complexity index is 963. The molecule has 0 radical (unpaired) electrons. The van der Waals surface area contributed by atoms with Crippen LogP contribution in [0.25, 0.3) is 0 Å². The van der Waals surface area contributed by atoms with Crippen LogP contribution < -0.4 is 16.0 Å². The van der Waals surface area contributed by atoms with Crippen molar-refractivity contribution in [3.05, 3.63) is 29.5 Å². The van der Waals surface area contributed by atoms with Crippen molar-refractivity contribution in [2.24, 2.45) is 5.73 Å². The predicted octanol–water partition coefficient (Wildman–Crippen LogP) is 2.33. The van der Waals surface area contributed by atoms with Gasteiger partial charge in [-0.2, -0.15) is 5.10 Å². The minimum Gasteiger partial charge on any atom is -0.385 e. The van der Waals surface area contributed by atoms with Crippen LogP contribution in [-0.4, -0.2) is 64.9 Å². The van der Waals surface area contributed by atoms with Crippen molar-refractivity contribution in [3.8, 4) is 0 Å². The summed E-state index contributed by atoms with van der Waals surface area (Å²) in [6.07, 6.45) is -3.48. The van der Waals surface area contributed by atoms with E-state index in [9.17, 15) is 18.3 Å². The second kappa shape index (κ2) is 9.25. The van der Waals surface area contributed by atoms with Gasteiger partial charge in [-0.3, -0.25) is 9.84 Å². The lowest BCUT2D eigenvalue weighted by Crippen LogP contribution is -2.51. The molecular weight excluding hydrogens is 443 g/mol. The number of aromatic amines is 1. The zero-order chi connectivity index (χ0) is 23.6. The molecule has 33 heavy (non-hydrogen) atoms. The molecule has 2 aromatic heterocycles. The lowest BCUT2D eigenvalue weighted by atomic mass is 9.77. The third-order valence-electron chi connectivity index (χ3n) is 5.96. The van der Waals surface area contributed by atoms with Crippen molar-refractivity contribution in [1.82, 2.24) is 15.2 Å². The number of alkyl halides is 3. The molecule has 1 aliphatic carbocycles. The zero-order valence-corrected chi connectivity index (χ0v) is 17.7. The van der Waals surface area contributed by atoms with Crippen LogP contribution in [0, 0.1) is 5.41 Å². The molecule has 1 saturated carbocycles. The summed E-state index contributed by atoms with van der Waals surface area (Å²) in [4.78, 5) is 6.47. The molecule has 0 bridgehead atoms. The van der Waals surface area contributed by atoms with Crippen molar-refractivity contribution in [1.29, 1.82) is 5.41 Å². The highest BCUT2D eigenvalue weighted by atomic mass is 19.4. The number of nitrogens with zero attached hydrogens (tertiary/aromatic N) is 3. The molecule has 4 rings (SSSR count). The number of hydrogen-bond acceptors (Lipinski definition) is 9. The fourth-order valence-corrected chi connectivity index (χ4v) is 4.32. The second-order valence-electron chi connectivity index (χ2n) is 8.16. The van der Waals surface area contributed by atoms with Gasteiger partial charge < -0.3 is 31.2 Å². The summed E-state index contributed by atoms with van der Waals surface area (Å²) in [6.45, 7) is 1.22. The number of morpholine rings is 1. The van der Waals surface area contributed by atoms with E-state index in [1.165, 1.54) is 0 Å². The van der Waals surface area contributed by atoms with Gasteiger partial charge in [0.1, 0.15) is 23.6 Å². The maximum absolute atomic E-state index is 12.6. The smallest absolute Gasteiger partial charge is 0.385 e. The number of H-pyrrole nitrogens is 1. The predicted molar refractivity (Wildman–Crippen MR) is 113 cm³/mol. The highest BCUT2D eigenvalue weighted by Crippen LogP contribution is 2.43. The van der Waals surface area contributed by atoms with Gasteiger partial charge in [-0.25, -0.2) is 4.98 Å². The van der Waals surface area contributed by atoms with Crippen molar-refractivity contribution in [2.75, 3.05) is 30.0 Å². The first-order valence-corrected chi connectivity index (χ1v) is 10.6. The van der Waals surface area contributed by atoms with Gasteiger partial charge in [0.2, 0.25) is 0 Å². The van der Waals surface area contributed by atoms with Crippen molar-refractivity contribution in [3.63, 3.8) is 0 Å². The standard InChI is InChI=1S/C20H26F3N7O3/c21-20(22,23)33-12-1-4-19(31,5-2-12)14-9-17(30-7-8-32-11-15(30)25)28-18(13(14)10-24)27-16-3-6-26-29-16/h3,6,9-10,12,15,24,31H,1-2,4-5,7-8,11,25H2,(H2,26,27,28,29). The Morgan fingerprint density at radius 2 is 2.15 bits per heavy atom. The number of aromatic nitrogens is 3. The van der Waals surface area contributed by atoms with E-state index in [4.69, 9.17) is 15.9 Å². The van der Waals surface area contributed by atoms with Crippen LogP contribution in [0.1, 0.15) is 36.8 Å². The van der Waals surface area contributed by atoms with Crippen molar-refractivity contribution in [2.45, 2.75) is 49.9 Å². The summed E-state index contributed by atoms with van der Waals surface area (Å²) >= 11 is 0. The fraction of sp³-hybridized carbons (Fsp3) is 0.550. The van der Waals surface area contributed by atoms with Crippen molar-refractivity contribution < 1.29 is 27.8 Å². The molecule has 3 heterocycles. The number of nitrogens with two attached hydrogens (primary N) is 1. The van der Waals surface area contributed by atoms with E-state index in [1.54, 1.807) is 18.3 Å². The molecule has 1 unspecified atom stereocenters. The molecule has 6 N–H and O–H groups in total. The van der Waals surface area contributed by atoms with E-state index in [-0.39, 0.29) is 25.7 Å². The van der Waals surface area contributed by atoms with Gasteiger partial charge in [0.15, 0.2) is 0 Å². The van der Waals surface area contributed by atoms with Gasteiger partial charge in [-0.05, 0) is 37.3 Å². The Balaban J connectivity index is 1.71. The molecular formula is C20H26F3N7O3. The van der Waals surface area contributed by atoms with Gasteiger partial charge in [0.25, 0.3) is 0 Å². The Morgan fingerprint density at radius 1 is 1.39 bits per heavy atom. The summed E-state index contributed by atoms with van der Waals surface area (Å²) in [5.41, 5.74) is 5.46. The lowest BCUT2D eigenvalue weighted by Gasteiger charge is -2.39. The third kappa shape index (κ3) is 5.27. The van der Waals surface area contributed by atoms with Crippen LogP contribution in [0.2, 0.25) is 0 Å². The van der Waals surface area contributed by atoms with E-state index in [2.05, 4.69) is 25.2 Å². The van der Waals surface area contributed by atoms with Crippen LogP contribution in [-0.2, 0) is 15.1 Å². The normalized spacial score (nSPS) is 26.3. The minimum absolute atomic E-state index is 0.0193. The molecule has 0 aromatic carbocycles. The Kier molecular flexibility index (Phi) is 6.56. The van der Waals surface area contributed by atoms with Crippen LogP contribution in [0.15, 0.2) is 18.3 Å². The molecule has 1 aliphatic heterocycles. The first kappa shape index (κ1) is 23.4. The van der Waals surface area contributed by atoms with Gasteiger partial charge >= 0.3 is 6.36 Å². The highest BCUT2D eigenvalue weighted by molar-refractivity contribution is 5.89. The highest BCUT2D eigenvalue weighted by Gasteiger charge is 2.42. The first-order chi connectivity index (χ1) is 15.7. The average Bonchev–Trinajstić information content (AvgIpc) is 3.27. The molecule has 10 nitrogen and oxygen atoms in total. The summed E-state index contributed by atoms with van der Waals surface area (Å²) in [6, 6.07) is 3.34. The molecule has 0 spiro atoms. The van der Waals surface area contributed by atoms with Gasteiger partial charge in [-0.15, -0.1) is 13.2 Å². The number of aliphatic hydroxyl groups is 1. The molecule has 2 aliphatic rings. The number of nitrogens with one attached hydrogen (secondary N) is 3. The molecule has 1 atom stereocenters. The summed E-state index contributed by atoms with van der Waals surface area (Å²) in [5.74, 6) is 1.28. The van der Waals surface area contributed by atoms with Gasteiger partial charge in [0, 0.05) is 24.4 Å². The molecule has 13 heteroatoms. The van der Waals surface area contributed by atoms with Crippen LogP contribution in [0.3, 0.4) is 0 Å². The second-order valence-corrected chi connectivity index (χ2v) is 8.16.